The Hall–Kier alpha value is -8.67. The van der Waals surface area contributed by atoms with E-state index in [4.69, 9.17) is 23.8 Å². The number of furan rings is 2. The monoisotopic (exact) mass is 817 g/mol. The summed E-state index contributed by atoms with van der Waals surface area (Å²) in [6, 6.07) is 73.9. The minimum absolute atomic E-state index is 0.591. The van der Waals surface area contributed by atoms with Gasteiger partial charge in [0.15, 0.2) is 17.5 Å². The minimum atomic E-state index is 0.591. The highest BCUT2D eigenvalue weighted by atomic mass is 16.3. The zero-order valence-electron chi connectivity index (χ0n) is 34.4. The first-order chi connectivity index (χ1) is 31.7. The summed E-state index contributed by atoms with van der Waals surface area (Å²) < 4.78 is 13.4. The summed E-state index contributed by atoms with van der Waals surface area (Å²) in [5.74, 6) is 1.81. The summed E-state index contributed by atoms with van der Waals surface area (Å²) in [5.41, 5.74) is 12.4. The van der Waals surface area contributed by atoms with Crippen molar-refractivity contribution in [2.24, 2.45) is 0 Å². The van der Waals surface area contributed by atoms with E-state index < -0.39 is 0 Å². The van der Waals surface area contributed by atoms with E-state index in [-0.39, 0.29) is 0 Å². The maximum absolute atomic E-state index is 6.87. The quantitative estimate of drug-likeness (QED) is 0.167. The molecule has 0 atom stereocenters. The average molecular weight is 818 g/mol. The molecule has 64 heavy (non-hydrogen) atoms. The van der Waals surface area contributed by atoms with Crippen LogP contribution in [0.4, 0.5) is 0 Å². The van der Waals surface area contributed by atoms with Gasteiger partial charge in [-0.25, -0.2) is 15.0 Å². The fraction of sp³-hybridized carbons (Fsp3) is 0. The van der Waals surface area contributed by atoms with Gasteiger partial charge < -0.3 is 8.83 Å². The fourth-order valence-corrected chi connectivity index (χ4v) is 9.42. The number of para-hydroxylation sites is 3. The zero-order valence-corrected chi connectivity index (χ0v) is 34.4. The first kappa shape index (κ1) is 36.0. The number of benzene rings is 10. The van der Waals surface area contributed by atoms with E-state index in [0.717, 1.165) is 115 Å². The Labute approximate surface area is 367 Å². The molecule has 3 aromatic heterocycles. The minimum Gasteiger partial charge on any atom is -0.455 e. The SMILES string of the molecule is c1ccc(-c2ccc(-c3nc(-c4ccc5ccccc5c4)nc(-c4cc(-c5ccc(-c6cccc7c6oc6ccccc67)c6oc7ccccc7c56)c5ccccc5c4)n3)cc2)cc1. The van der Waals surface area contributed by atoms with Gasteiger partial charge in [-0.3, -0.25) is 0 Å². The molecule has 10 aromatic carbocycles. The Bertz CT molecular complexity index is 3960. The van der Waals surface area contributed by atoms with E-state index in [2.05, 4.69) is 182 Å². The van der Waals surface area contributed by atoms with Crippen LogP contribution in [0.5, 0.6) is 0 Å². The highest BCUT2D eigenvalue weighted by Crippen LogP contribution is 2.46. The van der Waals surface area contributed by atoms with Gasteiger partial charge in [0, 0.05) is 49.4 Å². The van der Waals surface area contributed by atoms with Gasteiger partial charge in [-0.2, -0.15) is 0 Å². The van der Waals surface area contributed by atoms with Crippen molar-refractivity contribution in [3.63, 3.8) is 0 Å². The summed E-state index contributed by atoms with van der Waals surface area (Å²) in [6.07, 6.45) is 0. The number of aromatic nitrogens is 3. The smallest absolute Gasteiger partial charge is 0.164 e. The number of fused-ring (bicyclic) bond motifs is 8. The molecule has 0 bridgehead atoms. The lowest BCUT2D eigenvalue weighted by atomic mass is 9.90. The van der Waals surface area contributed by atoms with Crippen LogP contribution in [0, 0.1) is 0 Å². The second-order valence-electron chi connectivity index (χ2n) is 16.3. The molecule has 0 aliphatic rings. The van der Waals surface area contributed by atoms with Crippen molar-refractivity contribution in [2.45, 2.75) is 0 Å². The average Bonchev–Trinajstić information content (AvgIpc) is 3.95. The van der Waals surface area contributed by atoms with E-state index in [1.54, 1.807) is 0 Å². The third kappa shape index (κ3) is 5.90. The van der Waals surface area contributed by atoms with Crippen molar-refractivity contribution >= 4 is 65.4 Å². The number of hydrogen-bond donors (Lipinski definition) is 0. The first-order valence-corrected chi connectivity index (χ1v) is 21.5. The van der Waals surface area contributed by atoms with Gasteiger partial charge in [0.05, 0.1) is 0 Å². The van der Waals surface area contributed by atoms with Gasteiger partial charge in [0.2, 0.25) is 0 Å². The van der Waals surface area contributed by atoms with Crippen LogP contribution in [0.3, 0.4) is 0 Å². The maximum Gasteiger partial charge on any atom is 0.164 e. The lowest BCUT2D eigenvalue weighted by Gasteiger charge is -2.14. The van der Waals surface area contributed by atoms with E-state index in [1.165, 1.54) is 0 Å². The van der Waals surface area contributed by atoms with Gasteiger partial charge in [-0.1, -0.05) is 176 Å². The summed E-state index contributed by atoms with van der Waals surface area (Å²) in [6.45, 7) is 0. The summed E-state index contributed by atoms with van der Waals surface area (Å²) in [4.78, 5) is 15.7. The number of hydrogen-bond acceptors (Lipinski definition) is 5. The van der Waals surface area contributed by atoms with Crippen LogP contribution in [-0.2, 0) is 0 Å². The lowest BCUT2D eigenvalue weighted by Crippen LogP contribution is -2.00. The molecule has 0 aliphatic carbocycles. The normalized spacial score (nSPS) is 11.8. The lowest BCUT2D eigenvalue weighted by molar-refractivity contribution is 0.665. The van der Waals surface area contributed by atoms with Crippen molar-refractivity contribution in [2.75, 3.05) is 0 Å². The molecule has 5 heteroatoms. The topological polar surface area (TPSA) is 65.0 Å². The van der Waals surface area contributed by atoms with E-state index in [0.29, 0.717) is 17.5 Å². The van der Waals surface area contributed by atoms with Gasteiger partial charge in [-0.05, 0) is 80.2 Å². The Morgan fingerprint density at radius 1 is 0.266 bits per heavy atom. The second-order valence-corrected chi connectivity index (χ2v) is 16.3. The van der Waals surface area contributed by atoms with Crippen molar-refractivity contribution in [1.82, 2.24) is 15.0 Å². The first-order valence-electron chi connectivity index (χ1n) is 21.5. The number of nitrogens with zero attached hydrogens (tertiary/aromatic N) is 3. The largest absolute Gasteiger partial charge is 0.455 e. The fourth-order valence-electron chi connectivity index (χ4n) is 9.42. The summed E-state index contributed by atoms with van der Waals surface area (Å²) >= 11 is 0. The van der Waals surface area contributed by atoms with Crippen LogP contribution in [0.1, 0.15) is 0 Å². The molecule has 0 radical (unpaired) electrons. The van der Waals surface area contributed by atoms with E-state index >= 15 is 0 Å². The Morgan fingerprint density at radius 3 is 1.61 bits per heavy atom. The molecule has 13 aromatic rings. The summed E-state index contributed by atoms with van der Waals surface area (Å²) in [5, 5.41) is 8.73. The van der Waals surface area contributed by atoms with Gasteiger partial charge in [0.25, 0.3) is 0 Å². The van der Waals surface area contributed by atoms with Crippen LogP contribution in [0.25, 0.3) is 133 Å². The standard InChI is InChI=1S/C59H35N3O2/c1-2-13-36(14-3-1)38-25-28-39(29-26-38)57-60-58(42-30-27-37-15-4-5-16-40(37)33-42)62-59(61-57)43-34-41-17-6-7-18-44(41)51(35-43)46-31-32-49(56-54(46)50-20-9-11-24-53(50)64-56)48-22-12-21-47-45-19-8-10-23-52(45)63-55(47)48/h1-35H. The Morgan fingerprint density at radius 2 is 0.797 bits per heavy atom. The zero-order chi connectivity index (χ0) is 42.1. The van der Waals surface area contributed by atoms with Crippen molar-refractivity contribution < 1.29 is 8.83 Å². The highest BCUT2D eigenvalue weighted by molar-refractivity contribution is 6.20. The molecule has 0 fully saturated rings. The molecule has 0 amide bonds. The number of rotatable bonds is 6. The molecular weight excluding hydrogens is 783 g/mol. The molecule has 298 valence electrons. The van der Waals surface area contributed by atoms with Crippen LogP contribution in [0.2, 0.25) is 0 Å². The van der Waals surface area contributed by atoms with Crippen LogP contribution in [0.15, 0.2) is 221 Å². The summed E-state index contributed by atoms with van der Waals surface area (Å²) in [7, 11) is 0. The third-order valence-corrected chi connectivity index (χ3v) is 12.5. The molecule has 0 unspecified atom stereocenters. The van der Waals surface area contributed by atoms with E-state index in [9.17, 15) is 0 Å². The predicted octanol–water partition coefficient (Wildman–Crippen LogP) is 16.0. The van der Waals surface area contributed by atoms with Crippen LogP contribution in [-0.4, -0.2) is 15.0 Å². The van der Waals surface area contributed by atoms with Gasteiger partial charge in [0.1, 0.15) is 22.3 Å². The maximum atomic E-state index is 6.87. The molecule has 0 spiro atoms. The van der Waals surface area contributed by atoms with Crippen molar-refractivity contribution in [3.05, 3.63) is 212 Å². The Kier molecular flexibility index (Phi) is 8.15. The third-order valence-electron chi connectivity index (χ3n) is 12.5. The Balaban J connectivity index is 1.03. The van der Waals surface area contributed by atoms with Gasteiger partial charge >= 0.3 is 0 Å². The molecule has 3 heterocycles. The molecule has 0 saturated heterocycles. The second kappa shape index (κ2) is 14.5. The predicted molar refractivity (Wildman–Crippen MR) is 262 cm³/mol. The molecule has 0 N–H and O–H groups in total. The highest BCUT2D eigenvalue weighted by Gasteiger charge is 2.22. The molecule has 13 rings (SSSR count). The van der Waals surface area contributed by atoms with Gasteiger partial charge in [-0.15, -0.1) is 0 Å². The van der Waals surface area contributed by atoms with Crippen LogP contribution >= 0.6 is 0 Å². The van der Waals surface area contributed by atoms with Crippen molar-refractivity contribution in [3.8, 4) is 67.5 Å². The molecule has 0 saturated carbocycles. The molecule has 5 nitrogen and oxygen atoms in total. The van der Waals surface area contributed by atoms with Crippen molar-refractivity contribution in [1.29, 1.82) is 0 Å². The molecule has 0 aliphatic heterocycles. The van der Waals surface area contributed by atoms with Crippen LogP contribution < -0.4 is 0 Å². The molecular formula is C59H35N3O2. The van der Waals surface area contributed by atoms with E-state index in [1.807, 2.05) is 30.3 Å².